The zero-order valence-corrected chi connectivity index (χ0v) is 27.9. The van der Waals surface area contributed by atoms with Crippen LogP contribution in [0, 0.1) is 5.92 Å². The van der Waals surface area contributed by atoms with Gasteiger partial charge in [0.1, 0.15) is 0 Å². The van der Waals surface area contributed by atoms with Crippen molar-refractivity contribution in [2.75, 3.05) is 4.90 Å². The van der Waals surface area contributed by atoms with E-state index < -0.39 is 0 Å². The summed E-state index contributed by atoms with van der Waals surface area (Å²) in [5, 5.41) is 5.85. The minimum absolute atomic E-state index is 0.0332. The van der Waals surface area contributed by atoms with Crippen molar-refractivity contribution in [1.82, 2.24) is 4.98 Å². The molecular weight excluding hydrogens is 619 g/mol. The summed E-state index contributed by atoms with van der Waals surface area (Å²) in [5.74, 6) is 0.235. The number of nitrogens with zero attached hydrogens (tertiary/aromatic N) is 3. The molecule has 0 fully saturated rings. The van der Waals surface area contributed by atoms with Gasteiger partial charge in [-0.3, -0.25) is 4.99 Å². The van der Waals surface area contributed by atoms with E-state index in [4.69, 9.17) is 9.98 Å². The van der Waals surface area contributed by atoms with Gasteiger partial charge in [0.05, 0.1) is 23.0 Å². The van der Waals surface area contributed by atoms with Gasteiger partial charge >= 0.3 is 0 Å². The van der Waals surface area contributed by atoms with Crippen molar-refractivity contribution in [1.29, 1.82) is 0 Å². The number of aromatic nitrogens is 1. The fourth-order valence-electron chi connectivity index (χ4n) is 7.96. The highest BCUT2D eigenvalue weighted by Gasteiger charge is 2.28. The Kier molecular flexibility index (Phi) is 6.95. The summed E-state index contributed by atoms with van der Waals surface area (Å²) in [6.07, 6.45) is 9.08. The van der Waals surface area contributed by atoms with Gasteiger partial charge in [-0.05, 0) is 70.4 Å². The van der Waals surface area contributed by atoms with Crippen LogP contribution >= 0.6 is 0 Å². The number of fused-ring (bicyclic) bond motifs is 8. The van der Waals surface area contributed by atoms with Crippen molar-refractivity contribution < 1.29 is 0 Å². The van der Waals surface area contributed by atoms with E-state index in [1.54, 1.807) is 0 Å². The number of allylic oxidation sites excluding steroid dienone is 1. The van der Waals surface area contributed by atoms with Gasteiger partial charge in [-0.25, -0.2) is 4.98 Å². The Morgan fingerprint density at radius 2 is 1.18 bits per heavy atom. The molecule has 0 saturated heterocycles. The van der Waals surface area contributed by atoms with E-state index in [1.165, 1.54) is 27.3 Å². The van der Waals surface area contributed by atoms with E-state index >= 15 is 0 Å². The Hall–Kier alpha value is -6.58. The van der Waals surface area contributed by atoms with E-state index in [0.717, 1.165) is 55.9 Å². The maximum Gasteiger partial charge on any atom is 0.0859 e. The van der Waals surface area contributed by atoms with Crippen LogP contribution in [0.1, 0.15) is 22.7 Å². The Balaban J connectivity index is 1.27. The van der Waals surface area contributed by atoms with Gasteiger partial charge in [-0.1, -0.05) is 140 Å². The largest absolute Gasteiger partial charge is 0.310 e. The fraction of sp³-hybridized carbons (Fsp3) is 0.0417. The van der Waals surface area contributed by atoms with Crippen LogP contribution < -0.4 is 4.90 Å². The van der Waals surface area contributed by atoms with Gasteiger partial charge in [0.15, 0.2) is 0 Å². The van der Waals surface area contributed by atoms with E-state index in [0.29, 0.717) is 0 Å². The number of hydrogen-bond donors (Lipinski definition) is 0. The first-order valence-corrected chi connectivity index (χ1v) is 17.6. The highest BCUT2D eigenvalue weighted by molar-refractivity contribution is 6.30. The molecule has 10 rings (SSSR count). The minimum atomic E-state index is 0.0332. The van der Waals surface area contributed by atoms with Gasteiger partial charge in [0, 0.05) is 50.3 Å². The summed E-state index contributed by atoms with van der Waals surface area (Å²) >= 11 is 0. The maximum absolute atomic E-state index is 5.57. The third kappa shape index (κ3) is 4.97. The van der Waals surface area contributed by atoms with E-state index in [2.05, 4.69) is 193 Å². The number of anilines is 3. The highest BCUT2D eigenvalue weighted by atomic mass is 15.1. The number of hydrogen-bond acceptors (Lipinski definition) is 3. The highest BCUT2D eigenvalue weighted by Crippen LogP contribution is 2.44. The fourth-order valence-corrected chi connectivity index (χ4v) is 7.96. The molecule has 8 aromatic rings. The van der Waals surface area contributed by atoms with Crippen LogP contribution in [0.3, 0.4) is 0 Å². The van der Waals surface area contributed by atoms with Crippen molar-refractivity contribution in [3.63, 3.8) is 0 Å². The second-order valence-electron chi connectivity index (χ2n) is 13.3. The molecule has 0 radical (unpaired) electrons. The summed E-state index contributed by atoms with van der Waals surface area (Å²) in [7, 11) is 0. The molecule has 7 aromatic carbocycles. The number of dihydropyridines is 1. The van der Waals surface area contributed by atoms with Gasteiger partial charge in [-0.2, -0.15) is 0 Å². The molecule has 0 N–H and O–H groups in total. The van der Waals surface area contributed by atoms with Crippen LogP contribution in [-0.2, 0) is 0 Å². The lowest BCUT2D eigenvalue weighted by Gasteiger charge is -2.29. The van der Waals surface area contributed by atoms with Crippen LogP contribution in [0.25, 0.3) is 49.8 Å². The zero-order valence-electron chi connectivity index (χ0n) is 27.9. The summed E-state index contributed by atoms with van der Waals surface area (Å²) < 4.78 is 0. The number of benzene rings is 7. The second kappa shape index (κ2) is 12.1. The summed E-state index contributed by atoms with van der Waals surface area (Å²) in [6.45, 7) is 0. The molecule has 2 atom stereocenters. The maximum atomic E-state index is 5.57. The quantitative estimate of drug-likeness (QED) is 0.173. The first-order valence-electron chi connectivity index (χ1n) is 17.6. The van der Waals surface area contributed by atoms with E-state index in [1.807, 2.05) is 0 Å². The number of aliphatic imine (C=N–C) groups is 1. The predicted molar refractivity (Wildman–Crippen MR) is 214 cm³/mol. The molecule has 3 heteroatoms. The molecule has 1 aliphatic heterocycles. The van der Waals surface area contributed by atoms with Gasteiger partial charge in [0.25, 0.3) is 0 Å². The summed E-state index contributed by atoms with van der Waals surface area (Å²) in [4.78, 5) is 13.4. The van der Waals surface area contributed by atoms with Crippen LogP contribution in [0.5, 0.6) is 0 Å². The van der Waals surface area contributed by atoms with Crippen molar-refractivity contribution in [3.05, 3.63) is 199 Å². The van der Waals surface area contributed by atoms with Crippen molar-refractivity contribution in [2.45, 2.75) is 6.04 Å². The van der Waals surface area contributed by atoms with Crippen LogP contribution in [-0.4, -0.2) is 10.7 Å². The Morgan fingerprint density at radius 3 is 1.96 bits per heavy atom. The molecule has 0 amide bonds. The number of rotatable bonds is 5. The molecule has 1 aliphatic carbocycles. The average molecular weight is 652 g/mol. The Bertz CT molecular complexity index is 2650. The lowest BCUT2D eigenvalue weighted by atomic mass is 9.82. The topological polar surface area (TPSA) is 28.5 Å². The van der Waals surface area contributed by atoms with E-state index in [9.17, 15) is 0 Å². The molecule has 0 saturated carbocycles. The monoisotopic (exact) mass is 651 g/mol. The Morgan fingerprint density at radius 1 is 0.510 bits per heavy atom. The zero-order chi connectivity index (χ0) is 33.7. The molecule has 0 spiro atoms. The summed E-state index contributed by atoms with van der Waals surface area (Å²) in [6, 6.07) is 58.2. The molecule has 3 nitrogen and oxygen atoms in total. The first-order chi connectivity index (χ1) is 25.3. The van der Waals surface area contributed by atoms with Crippen LogP contribution in [0.15, 0.2) is 187 Å². The average Bonchev–Trinajstić information content (AvgIpc) is 3.21. The van der Waals surface area contributed by atoms with Crippen LogP contribution in [0.2, 0.25) is 0 Å². The first kappa shape index (κ1) is 29.3. The molecule has 2 heterocycles. The third-order valence-corrected chi connectivity index (χ3v) is 10.3. The van der Waals surface area contributed by atoms with Gasteiger partial charge in [-0.15, -0.1) is 0 Å². The smallest absolute Gasteiger partial charge is 0.0859 e. The standard InChI is InChI=1S/C48H33N3/c1-4-15-33(16-5-1)48-46-42(43-29-26-34-25-24-32-14-10-13-23-40(32)47(34)49-43)30-35-17-11-12-22-39(35)45(46)41-28-27-38(31-44(41)50-48)51(36-18-6-2-7-19-36)37-20-8-3-9-21-37/h1-31,34,47H. The van der Waals surface area contributed by atoms with Gasteiger partial charge in [0.2, 0.25) is 0 Å². The predicted octanol–water partition coefficient (Wildman–Crippen LogP) is 12.4. The Labute approximate surface area is 297 Å². The van der Waals surface area contributed by atoms with Crippen molar-refractivity contribution in [2.24, 2.45) is 10.9 Å². The van der Waals surface area contributed by atoms with Crippen molar-refractivity contribution in [3.8, 4) is 11.3 Å². The molecule has 0 bridgehead atoms. The minimum Gasteiger partial charge on any atom is -0.310 e. The van der Waals surface area contributed by atoms with Gasteiger partial charge < -0.3 is 4.90 Å². The second-order valence-corrected chi connectivity index (χ2v) is 13.3. The summed E-state index contributed by atoms with van der Waals surface area (Å²) in [5.41, 5.74) is 10.9. The lowest BCUT2D eigenvalue weighted by Crippen LogP contribution is -2.18. The molecule has 2 aliphatic rings. The molecule has 1 aromatic heterocycles. The normalized spacial score (nSPS) is 16.2. The molecule has 2 unspecified atom stereocenters. The van der Waals surface area contributed by atoms with Crippen molar-refractivity contribution >= 4 is 61.3 Å². The number of pyridine rings is 1. The molecular formula is C48H33N3. The van der Waals surface area contributed by atoms with E-state index in [-0.39, 0.29) is 12.0 Å². The lowest BCUT2D eigenvalue weighted by molar-refractivity contribution is 0.609. The molecule has 240 valence electrons. The number of para-hydroxylation sites is 2. The van der Waals surface area contributed by atoms with Crippen LogP contribution in [0.4, 0.5) is 17.1 Å². The molecule has 51 heavy (non-hydrogen) atoms. The SMILES string of the molecule is C1=CC2C=Cc3ccccc3C2N=C1c1cc2ccccc2c2c1c(-c1ccccc1)nc1cc(N(c3ccccc3)c3ccccc3)ccc12. The third-order valence-electron chi connectivity index (χ3n) is 10.3.